The zero-order valence-electron chi connectivity index (χ0n) is 5.42. The number of nitriles is 1. The SMILES string of the molecule is CC1CNC(C#N)CO1. The maximum atomic E-state index is 8.38. The lowest BCUT2D eigenvalue weighted by Crippen LogP contribution is -2.44. The predicted octanol–water partition coefficient (Wildman–Crippen LogP) is -0.113. The van der Waals surface area contributed by atoms with E-state index in [1.54, 1.807) is 0 Å². The van der Waals surface area contributed by atoms with Crippen molar-refractivity contribution in [3.8, 4) is 6.07 Å². The van der Waals surface area contributed by atoms with Gasteiger partial charge in [-0.25, -0.2) is 0 Å². The molecule has 0 amide bonds. The highest BCUT2D eigenvalue weighted by Crippen LogP contribution is 1.97. The molecule has 1 fully saturated rings. The molecule has 1 aliphatic rings. The lowest BCUT2D eigenvalue weighted by molar-refractivity contribution is 0.0272. The first-order chi connectivity index (χ1) is 4.33. The number of ether oxygens (including phenoxy) is 1. The van der Waals surface area contributed by atoms with Gasteiger partial charge in [0.25, 0.3) is 0 Å². The second-order valence-electron chi connectivity index (χ2n) is 2.23. The molecule has 0 aromatic heterocycles. The van der Waals surface area contributed by atoms with Gasteiger partial charge in [0.05, 0.1) is 18.8 Å². The van der Waals surface area contributed by atoms with Crippen LogP contribution in [0.5, 0.6) is 0 Å². The minimum absolute atomic E-state index is 0.0961. The molecule has 0 aromatic carbocycles. The largest absolute Gasteiger partial charge is 0.374 e. The van der Waals surface area contributed by atoms with Gasteiger partial charge in [-0.15, -0.1) is 0 Å². The second kappa shape index (κ2) is 2.81. The summed E-state index contributed by atoms with van der Waals surface area (Å²) in [5, 5.41) is 11.4. The van der Waals surface area contributed by atoms with Crippen molar-refractivity contribution < 1.29 is 4.74 Å². The van der Waals surface area contributed by atoms with Crippen molar-refractivity contribution in [2.75, 3.05) is 13.2 Å². The molecule has 50 valence electrons. The van der Waals surface area contributed by atoms with E-state index in [1.807, 2.05) is 6.92 Å². The van der Waals surface area contributed by atoms with E-state index in [9.17, 15) is 0 Å². The first-order valence-corrected chi connectivity index (χ1v) is 3.07. The summed E-state index contributed by atoms with van der Waals surface area (Å²) in [4.78, 5) is 0. The van der Waals surface area contributed by atoms with Crippen LogP contribution in [0.15, 0.2) is 0 Å². The van der Waals surface area contributed by atoms with Crippen LogP contribution in [-0.4, -0.2) is 25.3 Å². The van der Waals surface area contributed by atoms with E-state index < -0.39 is 0 Å². The molecule has 0 bridgehead atoms. The van der Waals surface area contributed by atoms with E-state index in [-0.39, 0.29) is 12.1 Å². The predicted molar refractivity (Wildman–Crippen MR) is 32.8 cm³/mol. The number of hydrogen-bond acceptors (Lipinski definition) is 3. The lowest BCUT2D eigenvalue weighted by atomic mass is 10.2. The van der Waals surface area contributed by atoms with E-state index >= 15 is 0 Å². The van der Waals surface area contributed by atoms with Gasteiger partial charge in [0, 0.05) is 6.54 Å². The van der Waals surface area contributed by atoms with Gasteiger partial charge in [-0.3, -0.25) is 5.32 Å². The molecule has 0 radical (unpaired) electrons. The molecule has 0 saturated carbocycles. The van der Waals surface area contributed by atoms with Gasteiger partial charge in [0.15, 0.2) is 0 Å². The van der Waals surface area contributed by atoms with Crippen molar-refractivity contribution >= 4 is 0 Å². The first-order valence-electron chi connectivity index (χ1n) is 3.07. The number of hydrogen-bond donors (Lipinski definition) is 1. The molecule has 3 heteroatoms. The summed E-state index contributed by atoms with van der Waals surface area (Å²) >= 11 is 0. The van der Waals surface area contributed by atoms with Crippen molar-refractivity contribution in [3.05, 3.63) is 0 Å². The van der Waals surface area contributed by atoms with Crippen LogP contribution in [0, 0.1) is 11.3 Å². The molecular formula is C6H10N2O. The summed E-state index contributed by atoms with van der Waals surface area (Å²) in [6, 6.07) is 1.99. The van der Waals surface area contributed by atoms with E-state index in [2.05, 4.69) is 11.4 Å². The maximum absolute atomic E-state index is 8.38. The summed E-state index contributed by atoms with van der Waals surface area (Å²) < 4.78 is 5.20. The summed E-state index contributed by atoms with van der Waals surface area (Å²) in [6.45, 7) is 3.30. The molecular weight excluding hydrogens is 116 g/mol. The first kappa shape index (κ1) is 6.53. The average Bonchev–Trinajstić information content (AvgIpc) is 1.90. The van der Waals surface area contributed by atoms with Crippen molar-refractivity contribution in [1.82, 2.24) is 5.32 Å². The third-order valence-corrected chi connectivity index (χ3v) is 1.35. The Kier molecular flexibility index (Phi) is 2.04. The molecule has 0 aliphatic carbocycles. The number of nitrogens with zero attached hydrogens (tertiary/aromatic N) is 1. The van der Waals surface area contributed by atoms with Gasteiger partial charge >= 0.3 is 0 Å². The van der Waals surface area contributed by atoms with E-state index in [4.69, 9.17) is 10.00 Å². The Balaban J connectivity index is 2.28. The molecule has 1 heterocycles. The van der Waals surface area contributed by atoms with Crippen molar-refractivity contribution in [2.45, 2.75) is 19.1 Å². The van der Waals surface area contributed by atoms with Gasteiger partial charge < -0.3 is 4.74 Å². The standard InChI is InChI=1S/C6H10N2O/c1-5-3-8-6(2-7)4-9-5/h5-6,8H,3-4H2,1H3. The van der Waals surface area contributed by atoms with Crippen LogP contribution in [0.4, 0.5) is 0 Å². The fourth-order valence-corrected chi connectivity index (χ4v) is 0.769. The molecule has 1 saturated heterocycles. The van der Waals surface area contributed by atoms with Crippen LogP contribution >= 0.6 is 0 Å². The molecule has 0 spiro atoms. The molecule has 1 aliphatic heterocycles. The normalized spacial score (nSPS) is 35.6. The monoisotopic (exact) mass is 126 g/mol. The van der Waals surface area contributed by atoms with E-state index in [0.717, 1.165) is 6.54 Å². The highest BCUT2D eigenvalue weighted by molar-refractivity contribution is 4.92. The molecule has 2 atom stereocenters. The summed E-state index contributed by atoms with van der Waals surface area (Å²) in [6.07, 6.45) is 0.259. The van der Waals surface area contributed by atoms with Crippen LogP contribution in [0.3, 0.4) is 0 Å². The van der Waals surface area contributed by atoms with Crippen LogP contribution in [-0.2, 0) is 4.74 Å². The number of nitrogens with one attached hydrogen (secondary N) is 1. The Bertz CT molecular complexity index is 122. The van der Waals surface area contributed by atoms with Crippen LogP contribution in [0.1, 0.15) is 6.92 Å². The molecule has 1 rings (SSSR count). The van der Waals surface area contributed by atoms with Crippen LogP contribution in [0.2, 0.25) is 0 Å². The molecule has 9 heavy (non-hydrogen) atoms. The highest BCUT2D eigenvalue weighted by atomic mass is 16.5. The topological polar surface area (TPSA) is 45.0 Å². The second-order valence-corrected chi connectivity index (χ2v) is 2.23. The molecule has 1 N–H and O–H groups in total. The minimum Gasteiger partial charge on any atom is -0.374 e. The van der Waals surface area contributed by atoms with Gasteiger partial charge in [-0.2, -0.15) is 5.26 Å². The lowest BCUT2D eigenvalue weighted by Gasteiger charge is -2.23. The zero-order chi connectivity index (χ0) is 6.69. The van der Waals surface area contributed by atoms with Gasteiger partial charge in [0.1, 0.15) is 6.04 Å². The highest BCUT2D eigenvalue weighted by Gasteiger charge is 2.15. The summed E-state index contributed by atoms with van der Waals surface area (Å²) in [7, 11) is 0. The van der Waals surface area contributed by atoms with E-state index in [1.165, 1.54) is 0 Å². The Hall–Kier alpha value is -0.590. The fourth-order valence-electron chi connectivity index (χ4n) is 0.769. The maximum Gasteiger partial charge on any atom is 0.119 e. The Morgan fingerprint density at radius 1 is 1.78 bits per heavy atom. The Labute approximate surface area is 54.6 Å². The quantitative estimate of drug-likeness (QED) is 0.492. The summed E-state index contributed by atoms with van der Waals surface area (Å²) in [5.41, 5.74) is 0. The smallest absolute Gasteiger partial charge is 0.119 e. The van der Waals surface area contributed by atoms with Crippen LogP contribution < -0.4 is 5.32 Å². The summed E-state index contributed by atoms with van der Waals surface area (Å²) in [5.74, 6) is 0. The van der Waals surface area contributed by atoms with Gasteiger partial charge in [-0.05, 0) is 6.92 Å². The average molecular weight is 126 g/mol. The van der Waals surface area contributed by atoms with Gasteiger partial charge in [-0.1, -0.05) is 0 Å². The number of rotatable bonds is 0. The minimum atomic E-state index is -0.0961. The molecule has 3 nitrogen and oxygen atoms in total. The van der Waals surface area contributed by atoms with Gasteiger partial charge in [0.2, 0.25) is 0 Å². The third-order valence-electron chi connectivity index (χ3n) is 1.35. The van der Waals surface area contributed by atoms with E-state index in [0.29, 0.717) is 6.61 Å². The Morgan fingerprint density at radius 3 is 3.00 bits per heavy atom. The molecule has 2 unspecified atom stereocenters. The van der Waals surface area contributed by atoms with Crippen molar-refractivity contribution in [3.63, 3.8) is 0 Å². The fraction of sp³-hybridized carbons (Fsp3) is 0.833. The number of morpholine rings is 1. The zero-order valence-corrected chi connectivity index (χ0v) is 5.42. The van der Waals surface area contributed by atoms with Crippen molar-refractivity contribution in [1.29, 1.82) is 5.26 Å². The van der Waals surface area contributed by atoms with Crippen LogP contribution in [0.25, 0.3) is 0 Å². The van der Waals surface area contributed by atoms with Crippen molar-refractivity contribution in [2.24, 2.45) is 0 Å². The third kappa shape index (κ3) is 1.67. The Morgan fingerprint density at radius 2 is 2.56 bits per heavy atom. The molecule has 0 aromatic rings.